The van der Waals surface area contributed by atoms with Crippen molar-refractivity contribution < 1.29 is 9.18 Å². The zero-order valence-electron chi connectivity index (χ0n) is 17.9. The Morgan fingerprint density at radius 2 is 1.84 bits per heavy atom. The Kier molecular flexibility index (Phi) is 8.74. The van der Waals surface area contributed by atoms with Gasteiger partial charge >= 0.3 is 0 Å². The molecule has 0 aliphatic heterocycles. The fourth-order valence-corrected chi connectivity index (χ4v) is 2.43. The molecule has 3 aromatic rings. The fraction of sp³-hybridized carbons (Fsp3) is 0.333. The number of pyridine rings is 1. The Morgan fingerprint density at radius 1 is 1.16 bits per heavy atom. The number of nitrogens with zero attached hydrogens (tertiary/aromatic N) is 6. The molecule has 3 heterocycles. The summed E-state index contributed by atoms with van der Waals surface area (Å²) in [5.74, 6) is -0.515. The molecule has 0 radical (unpaired) electrons. The number of aromatic nitrogens is 5. The van der Waals surface area contributed by atoms with Crippen molar-refractivity contribution >= 4 is 17.7 Å². The van der Waals surface area contributed by atoms with Crippen LogP contribution < -0.4 is 11.5 Å². The molecule has 4 N–H and O–H groups in total. The van der Waals surface area contributed by atoms with Crippen molar-refractivity contribution in [1.29, 1.82) is 0 Å². The van der Waals surface area contributed by atoms with E-state index in [4.69, 9.17) is 11.5 Å². The van der Waals surface area contributed by atoms with Crippen LogP contribution >= 0.6 is 0 Å². The third kappa shape index (κ3) is 6.66. The average molecular weight is 427 g/mol. The van der Waals surface area contributed by atoms with E-state index in [-0.39, 0.29) is 29.8 Å². The Balaban J connectivity index is 0.00000107. The summed E-state index contributed by atoms with van der Waals surface area (Å²) in [4.78, 5) is 28.4. The highest BCUT2D eigenvalue weighted by atomic mass is 19.1. The fourth-order valence-electron chi connectivity index (χ4n) is 2.43. The molecule has 1 atom stereocenters. The van der Waals surface area contributed by atoms with Gasteiger partial charge in [0.05, 0.1) is 24.0 Å². The number of halogens is 1. The number of nitrogens with two attached hydrogens (primary N) is 2. The van der Waals surface area contributed by atoms with E-state index in [2.05, 4.69) is 38.9 Å². The van der Waals surface area contributed by atoms with Gasteiger partial charge in [0.1, 0.15) is 12.5 Å². The molecule has 0 aliphatic rings. The summed E-state index contributed by atoms with van der Waals surface area (Å²) in [6.45, 7) is 5.59. The Labute approximate surface area is 180 Å². The monoisotopic (exact) mass is 426 g/mol. The Bertz CT molecular complexity index is 999. The number of amides is 1. The first kappa shape index (κ1) is 23.6. The molecule has 164 valence electrons. The number of rotatable bonds is 6. The summed E-state index contributed by atoms with van der Waals surface area (Å²) in [5, 5.41) is 3.90. The van der Waals surface area contributed by atoms with Crippen LogP contribution in [-0.2, 0) is 6.54 Å². The van der Waals surface area contributed by atoms with Crippen molar-refractivity contribution in [3.05, 3.63) is 54.2 Å². The van der Waals surface area contributed by atoms with Crippen molar-refractivity contribution in [3.8, 4) is 11.3 Å². The Hall–Kier alpha value is -3.69. The number of hydrogen-bond acceptors (Lipinski definition) is 6. The summed E-state index contributed by atoms with van der Waals surface area (Å²) in [6.07, 6.45) is 8.86. The van der Waals surface area contributed by atoms with E-state index < -0.39 is 12.6 Å². The van der Waals surface area contributed by atoms with Crippen molar-refractivity contribution in [2.75, 3.05) is 12.4 Å². The molecule has 0 bridgehead atoms. The molecule has 3 aromatic heterocycles. The maximum atomic E-state index is 12.3. The summed E-state index contributed by atoms with van der Waals surface area (Å²) in [7, 11) is 0. The largest absolute Gasteiger partial charge is 0.387 e. The lowest BCUT2D eigenvalue weighted by Crippen LogP contribution is -2.21. The van der Waals surface area contributed by atoms with Gasteiger partial charge in [-0.1, -0.05) is 33.3 Å². The van der Waals surface area contributed by atoms with Gasteiger partial charge in [-0.3, -0.25) is 14.5 Å². The highest BCUT2D eigenvalue weighted by Crippen LogP contribution is 2.20. The lowest BCUT2D eigenvalue weighted by molar-refractivity contribution is 0.100. The van der Waals surface area contributed by atoms with Crippen LogP contribution in [0.25, 0.3) is 11.3 Å². The van der Waals surface area contributed by atoms with Gasteiger partial charge < -0.3 is 11.5 Å². The topological polar surface area (TPSA) is 138 Å². The second-order valence-corrected chi connectivity index (χ2v) is 6.76. The van der Waals surface area contributed by atoms with Gasteiger partial charge in [-0.15, -0.1) is 0 Å². The molecule has 0 aliphatic carbocycles. The molecule has 1 amide bonds. The quantitative estimate of drug-likeness (QED) is 0.456. The molecule has 0 spiro atoms. The van der Waals surface area contributed by atoms with Crippen molar-refractivity contribution in [2.24, 2.45) is 10.7 Å². The molecule has 0 saturated carbocycles. The van der Waals surface area contributed by atoms with E-state index in [0.717, 1.165) is 11.1 Å². The van der Waals surface area contributed by atoms with Crippen LogP contribution in [0.3, 0.4) is 0 Å². The van der Waals surface area contributed by atoms with E-state index >= 15 is 0 Å². The molecule has 1 unspecified atom stereocenters. The lowest BCUT2D eigenvalue weighted by Gasteiger charge is -2.11. The maximum Gasteiger partial charge on any atom is 0.281 e. The smallest absolute Gasteiger partial charge is 0.281 e. The first-order valence-corrected chi connectivity index (χ1v) is 9.90. The molecule has 0 saturated heterocycles. The molecule has 31 heavy (non-hydrogen) atoms. The number of nitrogen functional groups attached to an aromatic ring is 1. The summed E-state index contributed by atoms with van der Waals surface area (Å²) in [5.41, 5.74) is 13.9. The van der Waals surface area contributed by atoms with Crippen LogP contribution in [0.2, 0.25) is 0 Å². The maximum absolute atomic E-state index is 12.3. The van der Waals surface area contributed by atoms with Crippen molar-refractivity contribution in [1.82, 2.24) is 24.7 Å². The van der Waals surface area contributed by atoms with E-state index in [1.165, 1.54) is 23.5 Å². The summed E-state index contributed by atoms with van der Waals surface area (Å²) < 4.78 is 13.7. The number of aryl methyl sites for hydroxylation is 1. The molecule has 3 rings (SSSR count). The zero-order chi connectivity index (χ0) is 22.8. The van der Waals surface area contributed by atoms with Crippen LogP contribution in [0.1, 0.15) is 49.0 Å². The third-order valence-corrected chi connectivity index (χ3v) is 4.12. The SMILES string of the molecule is CC(C(N)=NC(=O)c1cnn(CCF)c1)c1ccc(-c2cnc(N)nc2)nc1.CCC. The number of anilines is 1. The summed E-state index contributed by atoms with van der Waals surface area (Å²) >= 11 is 0. The van der Waals surface area contributed by atoms with Gasteiger partial charge in [-0.05, 0) is 11.6 Å². The number of carbonyl (C=O) groups excluding carboxylic acids is 1. The predicted octanol–water partition coefficient (Wildman–Crippen LogP) is 3.00. The van der Waals surface area contributed by atoms with Gasteiger partial charge in [-0.25, -0.2) is 14.4 Å². The molecule has 10 heteroatoms. The van der Waals surface area contributed by atoms with E-state index in [1.54, 1.807) is 24.7 Å². The zero-order valence-corrected chi connectivity index (χ0v) is 17.9. The highest BCUT2D eigenvalue weighted by Gasteiger charge is 2.15. The number of carbonyl (C=O) groups is 1. The van der Waals surface area contributed by atoms with Gasteiger partial charge in [0.15, 0.2) is 0 Å². The highest BCUT2D eigenvalue weighted by molar-refractivity contribution is 6.04. The van der Waals surface area contributed by atoms with Crippen LogP contribution in [0.15, 0.2) is 48.1 Å². The number of amidine groups is 1. The van der Waals surface area contributed by atoms with Gasteiger partial charge in [0, 0.05) is 36.3 Å². The van der Waals surface area contributed by atoms with E-state index in [0.29, 0.717) is 5.69 Å². The molecular weight excluding hydrogens is 399 g/mol. The Morgan fingerprint density at radius 3 is 2.42 bits per heavy atom. The van der Waals surface area contributed by atoms with Gasteiger partial charge in [0.25, 0.3) is 5.91 Å². The second-order valence-electron chi connectivity index (χ2n) is 6.76. The first-order valence-electron chi connectivity index (χ1n) is 9.90. The number of alkyl halides is 1. The van der Waals surface area contributed by atoms with Gasteiger partial charge in [0.2, 0.25) is 5.95 Å². The third-order valence-electron chi connectivity index (χ3n) is 4.12. The normalized spacial score (nSPS) is 12.1. The molecule has 0 fully saturated rings. The minimum Gasteiger partial charge on any atom is -0.387 e. The van der Waals surface area contributed by atoms with E-state index in [1.807, 2.05) is 13.0 Å². The van der Waals surface area contributed by atoms with E-state index in [9.17, 15) is 9.18 Å². The standard InChI is InChI=1S/C18H19FN8O.C3H8/c1-11(16(20)26-17(28)14-9-25-27(10-14)5-4-19)12-2-3-15(22-6-12)13-7-23-18(21)24-8-13;1-3-2/h2-3,6-11H,4-5H2,1H3,(H2,20,26,28)(H2,21,23,24);3H2,1-2H3. The van der Waals surface area contributed by atoms with Crippen LogP contribution in [0, 0.1) is 0 Å². The predicted molar refractivity (Wildman–Crippen MR) is 118 cm³/mol. The van der Waals surface area contributed by atoms with Crippen LogP contribution in [-0.4, -0.2) is 43.1 Å². The molecular formula is C21H27FN8O. The van der Waals surface area contributed by atoms with Crippen molar-refractivity contribution in [3.63, 3.8) is 0 Å². The average Bonchev–Trinajstić information content (AvgIpc) is 3.23. The molecule has 0 aromatic carbocycles. The first-order chi connectivity index (χ1) is 14.9. The lowest BCUT2D eigenvalue weighted by atomic mass is 10.0. The second kappa shape index (κ2) is 11.5. The minimum atomic E-state index is -0.566. The van der Waals surface area contributed by atoms with Gasteiger partial charge in [-0.2, -0.15) is 10.1 Å². The minimum absolute atomic E-state index is 0.0833. The van der Waals surface area contributed by atoms with Crippen LogP contribution in [0.4, 0.5) is 10.3 Å². The number of hydrogen-bond donors (Lipinski definition) is 2. The van der Waals surface area contributed by atoms with Crippen LogP contribution in [0.5, 0.6) is 0 Å². The number of aliphatic imine (C=N–C) groups is 1. The van der Waals surface area contributed by atoms with Crippen molar-refractivity contribution in [2.45, 2.75) is 39.7 Å². The molecule has 9 nitrogen and oxygen atoms in total. The summed E-state index contributed by atoms with van der Waals surface area (Å²) in [6, 6.07) is 3.65.